The minimum atomic E-state index is -0.360. The smallest absolute Gasteiger partial charge is 0.239 e. The Labute approximate surface area is 140 Å². The van der Waals surface area contributed by atoms with E-state index in [1.807, 2.05) is 31.2 Å². The van der Waals surface area contributed by atoms with E-state index >= 15 is 0 Å². The Morgan fingerprint density at radius 2 is 1.78 bits per heavy atom. The first-order chi connectivity index (χ1) is 11.0. The van der Waals surface area contributed by atoms with E-state index in [2.05, 4.69) is 4.98 Å². The molecule has 1 aliphatic heterocycles. The Balaban J connectivity index is 1.85. The molecule has 1 fully saturated rings. The first-order valence-electron chi connectivity index (χ1n) is 7.52. The lowest BCUT2D eigenvalue weighted by Gasteiger charge is -2.14. The molecule has 0 unspecified atom stereocenters. The second-order valence-electron chi connectivity index (χ2n) is 5.93. The third-order valence-electron chi connectivity index (χ3n) is 4.27. The minimum Gasteiger partial charge on any atom is -0.274 e. The first kappa shape index (κ1) is 15.7. The van der Waals surface area contributed by atoms with Crippen LogP contribution in [0.3, 0.4) is 0 Å². The number of carbonyl (C=O) groups excluding carboxylic acids is 2. The van der Waals surface area contributed by atoms with E-state index in [4.69, 9.17) is 11.6 Å². The molecule has 23 heavy (non-hydrogen) atoms. The minimum absolute atomic E-state index is 0.196. The molecule has 2 amide bonds. The maximum atomic E-state index is 12.7. The number of amides is 2. The van der Waals surface area contributed by atoms with Gasteiger partial charge < -0.3 is 0 Å². The Kier molecular flexibility index (Phi) is 4.18. The number of nitrogens with zero attached hydrogens (tertiary/aromatic N) is 2. The van der Waals surface area contributed by atoms with Gasteiger partial charge in [-0.05, 0) is 31.0 Å². The summed E-state index contributed by atoms with van der Waals surface area (Å²) in [6.45, 7) is 3.82. The second kappa shape index (κ2) is 6.13. The Morgan fingerprint density at radius 1 is 1.09 bits per heavy atom. The van der Waals surface area contributed by atoms with E-state index in [1.165, 1.54) is 16.7 Å². The summed E-state index contributed by atoms with van der Waals surface area (Å²) in [7, 11) is 0. The summed E-state index contributed by atoms with van der Waals surface area (Å²) in [5.41, 5.74) is 2.22. The zero-order valence-corrected chi connectivity index (χ0v) is 13.7. The number of aromatic nitrogens is 1. The highest BCUT2D eigenvalue weighted by molar-refractivity contribution is 6.30. The van der Waals surface area contributed by atoms with Crippen LogP contribution in [-0.2, 0) is 16.0 Å². The maximum Gasteiger partial charge on any atom is 0.239 e. The predicted molar refractivity (Wildman–Crippen MR) is 89.3 cm³/mol. The lowest BCUT2D eigenvalue weighted by Crippen LogP contribution is -2.31. The van der Waals surface area contributed by atoms with Crippen LogP contribution in [0.15, 0.2) is 42.6 Å². The fraction of sp³-hybridized carbons (Fsp3) is 0.278. The van der Waals surface area contributed by atoms with Crippen molar-refractivity contribution in [2.75, 3.05) is 4.90 Å². The number of imide groups is 1. The van der Waals surface area contributed by atoms with Crippen molar-refractivity contribution in [1.29, 1.82) is 0 Å². The van der Waals surface area contributed by atoms with Crippen molar-refractivity contribution < 1.29 is 9.59 Å². The van der Waals surface area contributed by atoms with Gasteiger partial charge in [-0.3, -0.25) is 9.59 Å². The average Bonchev–Trinajstić information content (AvgIpc) is 2.74. The van der Waals surface area contributed by atoms with Crippen molar-refractivity contribution in [2.24, 2.45) is 11.8 Å². The number of anilines is 1. The summed E-state index contributed by atoms with van der Waals surface area (Å²) in [4.78, 5) is 30.5. The van der Waals surface area contributed by atoms with Crippen molar-refractivity contribution in [2.45, 2.75) is 20.3 Å². The third-order valence-corrected chi connectivity index (χ3v) is 4.49. The largest absolute Gasteiger partial charge is 0.274 e. The van der Waals surface area contributed by atoms with E-state index in [0.717, 1.165) is 5.56 Å². The summed E-state index contributed by atoms with van der Waals surface area (Å²) in [6.07, 6.45) is 1.99. The predicted octanol–water partition coefficient (Wildman–Crippen LogP) is 3.41. The van der Waals surface area contributed by atoms with Crippen LogP contribution in [0.4, 0.5) is 5.82 Å². The fourth-order valence-corrected chi connectivity index (χ4v) is 2.94. The summed E-state index contributed by atoms with van der Waals surface area (Å²) < 4.78 is 0. The number of benzene rings is 1. The summed E-state index contributed by atoms with van der Waals surface area (Å²) >= 11 is 5.82. The Bertz CT molecular complexity index is 741. The topological polar surface area (TPSA) is 50.3 Å². The molecule has 0 bridgehead atoms. The van der Waals surface area contributed by atoms with E-state index in [1.54, 1.807) is 19.1 Å². The van der Waals surface area contributed by atoms with Crippen LogP contribution in [0.2, 0.25) is 5.02 Å². The molecule has 1 aliphatic rings. The highest BCUT2D eigenvalue weighted by Crippen LogP contribution is 2.32. The zero-order chi connectivity index (χ0) is 16.6. The van der Waals surface area contributed by atoms with Gasteiger partial charge in [-0.2, -0.15) is 0 Å². The van der Waals surface area contributed by atoms with Gasteiger partial charge in [-0.1, -0.05) is 48.4 Å². The maximum absolute atomic E-state index is 12.7. The van der Waals surface area contributed by atoms with E-state index in [-0.39, 0.29) is 23.7 Å². The molecular formula is C18H17ClN2O2. The first-order valence-corrected chi connectivity index (χ1v) is 7.90. The molecule has 5 heteroatoms. The quantitative estimate of drug-likeness (QED) is 0.811. The molecule has 4 nitrogen and oxygen atoms in total. The fourth-order valence-electron chi connectivity index (χ4n) is 2.83. The number of rotatable bonds is 3. The number of carbonyl (C=O) groups is 2. The molecule has 1 aromatic heterocycles. The average molecular weight is 329 g/mol. The van der Waals surface area contributed by atoms with Crippen LogP contribution in [0.5, 0.6) is 0 Å². The standard InChI is InChI=1S/C18H17ClN2O2/c1-11-3-5-13(6-4-11)9-15-12(2)17(22)21(18(15)23)16-8-7-14(19)10-20-16/h3-8,10,12,15H,9H2,1-2H3/t12-,15-/m0/s1. The van der Waals surface area contributed by atoms with Gasteiger partial charge in [-0.25, -0.2) is 9.88 Å². The van der Waals surface area contributed by atoms with Crippen molar-refractivity contribution in [3.8, 4) is 0 Å². The third kappa shape index (κ3) is 2.99. The van der Waals surface area contributed by atoms with Gasteiger partial charge >= 0.3 is 0 Å². The SMILES string of the molecule is Cc1ccc(C[C@@H]2C(=O)N(c3ccc(Cl)cn3)C(=O)[C@H]2C)cc1. The number of pyridine rings is 1. The molecule has 1 aromatic carbocycles. The molecule has 0 saturated carbocycles. The molecule has 2 atom stereocenters. The van der Waals surface area contributed by atoms with Gasteiger partial charge in [0.05, 0.1) is 10.9 Å². The van der Waals surface area contributed by atoms with Gasteiger partial charge in [0, 0.05) is 12.1 Å². The molecule has 3 rings (SSSR count). The summed E-state index contributed by atoms with van der Waals surface area (Å²) in [5.74, 6) is -0.786. The van der Waals surface area contributed by atoms with Crippen LogP contribution in [0.25, 0.3) is 0 Å². The highest BCUT2D eigenvalue weighted by atomic mass is 35.5. The molecule has 2 aromatic rings. The van der Waals surface area contributed by atoms with Crippen molar-refractivity contribution in [3.05, 3.63) is 58.7 Å². The van der Waals surface area contributed by atoms with Crippen LogP contribution >= 0.6 is 11.6 Å². The van der Waals surface area contributed by atoms with Crippen molar-refractivity contribution >= 4 is 29.2 Å². The van der Waals surface area contributed by atoms with E-state index in [9.17, 15) is 9.59 Å². The number of hydrogen-bond acceptors (Lipinski definition) is 3. The lowest BCUT2D eigenvalue weighted by molar-refractivity contribution is -0.122. The normalized spacial score (nSPS) is 21.1. The summed E-state index contributed by atoms with van der Waals surface area (Å²) in [6, 6.07) is 11.3. The van der Waals surface area contributed by atoms with Crippen molar-refractivity contribution in [1.82, 2.24) is 4.98 Å². The lowest BCUT2D eigenvalue weighted by atomic mass is 9.90. The molecule has 1 saturated heterocycles. The number of halogens is 1. The van der Waals surface area contributed by atoms with Crippen LogP contribution in [0, 0.1) is 18.8 Å². The number of aryl methyl sites for hydroxylation is 1. The Morgan fingerprint density at radius 3 is 2.39 bits per heavy atom. The highest BCUT2D eigenvalue weighted by Gasteiger charge is 2.46. The number of hydrogen-bond donors (Lipinski definition) is 0. The second-order valence-corrected chi connectivity index (χ2v) is 6.37. The molecule has 0 aliphatic carbocycles. The van der Waals surface area contributed by atoms with Crippen molar-refractivity contribution in [3.63, 3.8) is 0 Å². The van der Waals surface area contributed by atoms with Crippen LogP contribution in [0.1, 0.15) is 18.1 Å². The van der Waals surface area contributed by atoms with Gasteiger partial charge in [-0.15, -0.1) is 0 Å². The molecule has 0 N–H and O–H groups in total. The molecule has 2 heterocycles. The zero-order valence-electron chi connectivity index (χ0n) is 13.0. The van der Waals surface area contributed by atoms with Gasteiger partial charge in [0.1, 0.15) is 5.82 Å². The van der Waals surface area contributed by atoms with Gasteiger partial charge in [0.15, 0.2) is 0 Å². The molecule has 0 spiro atoms. The monoisotopic (exact) mass is 328 g/mol. The van der Waals surface area contributed by atoms with Crippen LogP contribution < -0.4 is 4.90 Å². The molecule has 118 valence electrons. The van der Waals surface area contributed by atoms with Crippen LogP contribution in [-0.4, -0.2) is 16.8 Å². The van der Waals surface area contributed by atoms with E-state index < -0.39 is 0 Å². The van der Waals surface area contributed by atoms with E-state index in [0.29, 0.717) is 17.3 Å². The Hall–Kier alpha value is -2.20. The summed E-state index contributed by atoms with van der Waals surface area (Å²) in [5, 5.41) is 0.470. The molecular weight excluding hydrogens is 312 g/mol. The van der Waals surface area contributed by atoms with Gasteiger partial charge in [0.25, 0.3) is 0 Å². The van der Waals surface area contributed by atoms with Gasteiger partial charge in [0.2, 0.25) is 11.8 Å². The molecule has 0 radical (unpaired) electrons.